The van der Waals surface area contributed by atoms with Crippen molar-refractivity contribution < 1.29 is 4.79 Å². The number of carbonyl (C=O) groups is 1. The summed E-state index contributed by atoms with van der Waals surface area (Å²) in [7, 11) is 1.72. The van der Waals surface area contributed by atoms with Gasteiger partial charge in [0.05, 0.1) is 17.0 Å². The smallest absolute Gasteiger partial charge is 0.327 e. The van der Waals surface area contributed by atoms with Crippen LogP contribution in [0.5, 0.6) is 0 Å². The summed E-state index contributed by atoms with van der Waals surface area (Å²) in [6, 6.07) is 15.1. The molecule has 4 aromatic rings. The number of para-hydroxylation sites is 1. The normalized spacial score (nSPS) is 15.9. The number of likely N-dealkylation sites (N-methyl/N-ethyl adjacent to an activating group) is 1. The van der Waals surface area contributed by atoms with Crippen LogP contribution in [0.2, 0.25) is 0 Å². The number of halogens is 1. The third kappa shape index (κ3) is 2.60. The van der Waals surface area contributed by atoms with Crippen LogP contribution < -0.4 is 16.1 Å². The molecule has 144 valence electrons. The molecule has 8 heteroatoms. The molecule has 0 spiro atoms. The number of fused-ring (bicyclic) bond motifs is 2. The van der Waals surface area contributed by atoms with Gasteiger partial charge in [-0.3, -0.25) is 19.6 Å². The molecule has 0 saturated carbocycles. The quantitative estimate of drug-likeness (QED) is 0.437. The molecule has 5 rings (SSSR count). The van der Waals surface area contributed by atoms with Crippen molar-refractivity contribution in [2.45, 2.75) is 5.92 Å². The molecule has 0 radical (unpaired) electrons. The molecule has 29 heavy (non-hydrogen) atoms. The minimum Gasteiger partial charge on any atom is -0.340 e. The summed E-state index contributed by atoms with van der Waals surface area (Å²) in [4.78, 5) is 47.5. The molecule has 0 fully saturated rings. The Hall–Kier alpha value is -3.39. The maximum absolute atomic E-state index is 13.2. The minimum atomic E-state index is -0.657. The average Bonchev–Trinajstić information content (AvgIpc) is 3.18. The summed E-state index contributed by atoms with van der Waals surface area (Å²) in [6.07, 6.45) is 0. The number of aromatic amines is 3. The van der Waals surface area contributed by atoms with E-state index in [1.807, 2.05) is 48.5 Å². The molecule has 7 nitrogen and oxygen atoms in total. The number of carbonyl (C=O) groups excluding carboxylic acids is 1. The van der Waals surface area contributed by atoms with Crippen LogP contribution in [0.15, 0.2) is 62.6 Å². The first-order chi connectivity index (χ1) is 14.0. The highest BCUT2D eigenvalue weighted by atomic mass is 79.9. The summed E-state index contributed by atoms with van der Waals surface area (Å²) in [5, 5.41) is 0.283. The minimum absolute atomic E-state index is 0.129. The van der Waals surface area contributed by atoms with E-state index in [1.54, 1.807) is 11.9 Å². The van der Waals surface area contributed by atoms with E-state index in [9.17, 15) is 14.4 Å². The second-order valence-electron chi connectivity index (χ2n) is 6.97. The van der Waals surface area contributed by atoms with Gasteiger partial charge in [0.15, 0.2) is 0 Å². The monoisotopic (exact) mass is 450 g/mol. The first kappa shape index (κ1) is 17.7. The van der Waals surface area contributed by atoms with Crippen LogP contribution in [-0.2, 0) is 4.79 Å². The van der Waals surface area contributed by atoms with Crippen molar-refractivity contribution in [3.05, 3.63) is 85.0 Å². The first-order valence-electron chi connectivity index (χ1n) is 8.96. The fourth-order valence-electron chi connectivity index (χ4n) is 4.05. The number of nitrogens with one attached hydrogen (secondary N) is 3. The molecule has 0 aliphatic carbocycles. The lowest BCUT2D eigenvalue weighted by molar-refractivity contribution is -0.118. The van der Waals surface area contributed by atoms with Crippen molar-refractivity contribution in [1.82, 2.24) is 15.0 Å². The van der Waals surface area contributed by atoms with Crippen molar-refractivity contribution >= 4 is 38.6 Å². The number of rotatable bonds is 2. The van der Waals surface area contributed by atoms with Gasteiger partial charge >= 0.3 is 5.69 Å². The number of anilines is 1. The lowest BCUT2D eigenvalue weighted by Gasteiger charge is -2.13. The Balaban J connectivity index is 1.89. The van der Waals surface area contributed by atoms with Gasteiger partial charge < -0.3 is 9.88 Å². The Morgan fingerprint density at radius 1 is 0.931 bits per heavy atom. The van der Waals surface area contributed by atoms with Crippen molar-refractivity contribution in [2.24, 2.45) is 0 Å². The number of H-pyrrole nitrogens is 3. The molecule has 2 aromatic carbocycles. The van der Waals surface area contributed by atoms with E-state index in [2.05, 4.69) is 30.9 Å². The summed E-state index contributed by atoms with van der Waals surface area (Å²) in [5.74, 6) is -0.785. The fourth-order valence-corrected chi connectivity index (χ4v) is 4.31. The molecule has 2 aromatic heterocycles. The Bertz CT molecular complexity index is 1400. The van der Waals surface area contributed by atoms with Crippen molar-refractivity contribution in [3.8, 4) is 11.3 Å². The fraction of sp³-hybridized carbons (Fsp3) is 0.0952. The van der Waals surface area contributed by atoms with E-state index in [1.165, 1.54) is 0 Å². The van der Waals surface area contributed by atoms with Gasteiger partial charge in [-0.2, -0.15) is 0 Å². The topological polar surface area (TPSA) is 102 Å². The van der Waals surface area contributed by atoms with Gasteiger partial charge in [0.2, 0.25) is 5.91 Å². The third-order valence-electron chi connectivity index (χ3n) is 5.34. The number of amides is 1. The molecule has 3 heterocycles. The van der Waals surface area contributed by atoms with Crippen LogP contribution in [0.3, 0.4) is 0 Å². The molecular formula is C21H15BrN4O3. The van der Waals surface area contributed by atoms with Crippen LogP contribution in [0, 0.1) is 0 Å². The molecule has 0 saturated heterocycles. The number of hydrogen-bond donors (Lipinski definition) is 3. The van der Waals surface area contributed by atoms with Gasteiger partial charge in [0.1, 0.15) is 5.65 Å². The predicted molar refractivity (Wildman–Crippen MR) is 114 cm³/mol. The lowest BCUT2D eigenvalue weighted by atomic mass is 9.89. The molecule has 3 N–H and O–H groups in total. The highest BCUT2D eigenvalue weighted by Crippen LogP contribution is 2.45. The predicted octanol–water partition coefficient (Wildman–Crippen LogP) is 3.08. The first-order valence-corrected chi connectivity index (χ1v) is 9.75. The number of benzene rings is 2. The molecule has 1 aliphatic rings. The standard InChI is InChI=1S/C21H15BrN4O3/c1-26-13-5-3-2-4-12(13)14(20(26)28)15-16-18(24-21(29)25-19(16)27)23-17(15)10-6-8-11(22)9-7-10/h2-9,14H,1H3,(H3,23,24,25,27,29). The zero-order valence-corrected chi connectivity index (χ0v) is 16.8. The molecule has 0 bridgehead atoms. The lowest BCUT2D eigenvalue weighted by Crippen LogP contribution is -2.26. The Labute approximate surface area is 172 Å². The molecule has 1 aliphatic heterocycles. The zero-order valence-electron chi connectivity index (χ0n) is 15.2. The van der Waals surface area contributed by atoms with Crippen molar-refractivity contribution in [1.29, 1.82) is 0 Å². The van der Waals surface area contributed by atoms with E-state index in [0.717, 1.165) is 21.3 Å². The Morgan fingerprint density at radius 2 is 1.66 bits per heavy atom. The van der Waals surface area contributed by atoms with E-state index in [4.69, 9.17) is 0 Å². The Kier molecular flexibility index (Phi) is 3.85. The van der Waals surface area contributed by atoms with E-state index >= 15 is 0 Å². The van der Waals surface area contributed by atoms with Gasteiger partial charge in [0.25, 0.3) is 5.56 Å². The van der Waals surface area contributed by atoms with Crippen LogP contribution in [0.25, 0.3) is 22.3 Å². The van der Waals surface area contributed by atoms with Crippen LogP contribution in [0.4, 0.5) is 5.69 Å². The van der Waals surface area contributed by atoms with Crippen molar-refractivity contribution in [3.63, 3.8) is 0 Å². The number of hydrogen-bond acceptors (Lipinski definition) is 3. The van der Waals surface area contributed by atoms with E-state index < -0.39 is 17.2 Å². The van der Waals surface area contributed by atoms with Crippen molar-refractivity contribution in [2.75, 3.05) is 11.9 Å². The largest absolute Gasteiger partial charge is 0.340 e. The number of aromatic nitrogens is 3. The van der Waals surface area contributed by atoms with Gasteiger partial charge in [0, 0.05) is 22.8 Å². The van der Waals surface area contributed by atoms with Crippen LogP contribution in [0.1, 0.15) is 17.0 Å². The maximum atomic E-state index is 13.2. The van der Waals surface area contributed by atoms with Crippen LogP contribution in [-0.4, -0.2) is 27.9 Å². The maximum Gasteiger partial charge on any atom is 0.327 e. The Morgan fingerprint density at radius 3 is 2.41 bits per heavy atom. The summed E-state index contributed by atoms with van der Waals surface area (Å²) >= 11 is 3.42. The third-order valence-corrected chi connectivity index (χ3v) is 5.87. The average molecular weight is 451 g/mol. The molecular weight excluding hydrogens is 436 g/mol. The summed E-state index contributed by atoms with van der Waals surface area (Å²) in [6.45, 7) is 0. The van der Waals surface area contributed by atoms with E-state index in [0.29, 0.717) is 16.9 Å². The van der Waals surface area contributed by atoms with E-state index in [-0.39, 0.29) is 11.3 Å². The molecule has 1 atom stereocenters. The molecule has 1 unspecified atom stereocenters. The van der Waals surface area contributed by atoms with Gasteiger partial charge in [-0.15, -0.1) is 0 Å². The highest BCUT2D eigenvalue weighted by Gasteiger charge is 2.39. The van der Waals surface area contributed by atoms with Gasteiger partial charge in [-0.1, -0.05) is 46.3 Å². The second-order valence-corrected chi connectivity index (χ2v) is 7.88. The summed E-state index contributed by atoms with van der Waals surface area (Å²) < 4.78 is 0.909. The number of nitrogens with zero attached hydrogens (tertiary/aromatic N) is 1. The van der Waals surface area contributed by atoms with Gasteiger partial charge in [-0.05, 0) is 29.3 Å². The van der Waals surface area contributed by atoms with Crippen LogP contribution >= 0.6 is 15.9 Å². The summed E-state index contributed by atoms with van der Waals surface area (Å²) in [5.41, 5.74) is 2.78. The SMILES string of the molecule is CN1C(=O)C(c2c(-c3ccc(Br)cc3)[nH]c3[nH]c(=O)[nH]c(=O)c23)c2ccccc21. The highest BCUT2D eigenvalue weighted by molar-refractivity contribution is 9.10. The molecule has 1 amide bonds. The van der Waals surface area contributed by atoms with Gasteiger partial charge in [-0.25, -0.2) is 4.79 Å². The second kappa shape index (κ2) is 6.31. The zero-order chi connectivity index (χ0) is 20.3.